The van der Waals surface area contributed by atoms with Gasteiger partial charge < -0.3 is 5.32 Å². The number of hydrogen-bond donors (Lipinski definition) is 1. The van der Waals surface area contributed by atoms with Crippen molar-refractivity contribution in [1.29, 1.82) is 0 Å². The molecule has 1 saturated carbocycles. The van der Waals surface area contributed by atoms with Crippen LogP contribution in [0.15, 0.2) is 16.8 Å². The number of nitrogens with zero attached hydrogens (tertiary/aromatic N) is 3. The lowest BCUT2D eigenvalue weighted by atomic mass is 10.3. The average molecular weight is 294 g/mol. The molecule has 2 aromatic rings. The van der Waals surface area contributed by atoms with Crippen molar-refractivity contribution in [2.75, 3.05) is 11.9 Å². The molecule has 1 N–H and O–H groups in total. The number of anilines is 1. The zero-order chi connectivity index (χ0) is 13.1. The van der Waals surface area contributed by atoms with Crippen LogP contribution in [0.4, 0.5) is 5.00 Å². The van der Waals surface area contributed by atoms with Gasteiger partial charge in [0, 0.05) is 37.2 Å². The number of nitrogens with one attached hydrogen (secondary N) is 1. The van der Waals surface area contributed by atoms with Crippen LogP contribution >= 0.6 is 22.9 Å². The van der Waals surface area contributed by atoms with Crippen LogP contribution in [0.25, 0.3) is 0 Å². The highest BCUT2D eigenvalue weighted by Gasteiger charge is 2.30. The Bertz CT molecular complexity index is 504. The number of aromatic nitrogens is 2. The van der Waals surface area contributed by atoms with Gasteiger partial charge in [0.1, 0.15) is 10.7 Å². The van der Waals surface area contributed by atoms with Gasteiger partial charge in [0.15, 0.2) is 0 Å². The molecule has 6 heteroatoms. The largest absolute Gasteiger partial charge is 0.374 e. The first kappa shape index (κ1) is 13.0. The Morgan fingerprint density at radius 3 is 3.00 bits per heavy atom. The summed E-state index contributed by atoms with van der Waals surface area (Å²) in [5.74, 6) is 0. The molecule has 2 aromatic heterocycles. The van der Waals surface area contributed by atoms with Crippen LogP contribution in [0.2, 0.25) is 0 Å². The summed E-state index contributed by atoms with van der Waals surface area (Å²) >= 11 is 3.23. The van der Waals surface area contributed by atoms with Crippen molar-refractivity contribution < 1.29 is 0 Å². The summed E-state index contributed by atoms with van der Waals surface area (Å²) in [4.78, 5) is 2.53. The molecular formula is C13H18N4S2. The Morgan fingerprint density at radius 1 is 1.42 bits per heavy atom. The van der Waals surface area contributed by atoms with Crippen molar-refractivity contribution >= 4 is 27.9 Å². The van der Waals surface area contributed by atoms with Gasteiger partial charge in [-0.05, 0) is 42.2 Å². The second-order valence-electron chi connectivity index (χ2n) is 4.85. The third-order valence-corrected chi connectivity index (χ3v) is 4.73. The summed E-state index contributed by atoms with van der Waals surface area (Å²) < 4.78 is 4.08. The van der Waals surface area contributed by atoms with Gasteiger partial charge in [0.25, 0.3) is 0 Å². The minimum absolute atomic E-state index is 0.732. The maximum Gasteiger partial charge on any atom is 0.134 e. The van der Waals surface area contributed by atoms with Crippen molar-refractivity contribution in [1.82, 2.24) is 14.5 Å². The minimum Gasteiger partial charge on any atom is -0.374 e. The molecule has 4 nitrogen and oxygen atoms in total. The Kier molecular flexibility index (Phi) is 4.10. The van der Waals surface area contributed by atoms with Gasteiger partial charge in [0.05, 0.1) is 0 Å². The van der Waals surface area contributed by atoms with Crippen LogP contribution in [-0.4, -0.2) is 27.1 Å². The zero-order valence-electron chi connectivity index (χ0n) is 11.0. The fraction of sp³-hybridized carbons (Fsp3) is 0.538. The fourth-order valence-corrected chi connectivity index (χ4v) is 3.47. The summed E-state index contributed by atoms with van der Waals surface area (Å²) in [6.07, 6.45) is 2.64. The molecule has 0 amide bonds. The molecule has 0 bridgehead atoms. The van der Waals surface area contributed by atoms with Crippen LogP contribution in [0.5, 0.6) is 0 Å². The molecule has 0 aromatic carbocycles. The van der Waals surface area contributed by atoms with Crippen LogP contribution < -0.4 is 5.32 Å². The van der Waals surface area contributed by atoms with E-state index in [9.17, 15) is 0 Å². The van der Waals surface area contributed by atoms with Gasteiger partial charge in [-0.15, -0.1) is 5.10 Å². The van der Waals surface area contributed by atoms with E-state index in [-0.39, 0.29) is 0 Å². The standard InChI is InChI=1S/C13H18N4S2/c1-2-14-13-12(15-16-19-13)8-17(11-3-4-11)7-10-5-6-18-9-10/h5-6,9,11,14H,2-4,7-8H2,1H3. The quantitative estimate of drug-likeness (QED) is 0.851. The van der Waals surface area contributed by atoms with E-state index in [1.165, 1.54) is 29.9 Å². The SMILES string of the molecule is CCNc1snnc1CN(Cc1ccsc1)C1CC1. The molecule has 2 heterocycles. The molecule has 102 valence electrons. The van der Waals surface area contributed by atoms with E-state index in [0.717, 1.165) is 36.4 Å². The smallest absolute Gasteiger partial charge is 0.134 e. The molecule has 0 spiro atoms. The third kappa shape index (κ3) is 3.32. The lowest BCUT2D eigenvalue weighted by Crippen LogP contribution is -2.25. The topological polar surface area (TPSA) is 41.1 Å². The van der Waals surface area contributed by atoms with Crippen molar-refractivity contribution in [2.45, 2.75) is 38.9 Å². The van der Waals surface area contributed by atoms with E-state index in [4.69, 9.17) is 0 Å². The van der Waals surface area contributed by atoms with Gasteiger partial charge in [-0.3, -0.25) is 4.90 Å². The Hall–Kier alpha value is -0.980. The monoisotopic (exact) mass is 294 g/mol. The summed E-state index contributed by atoms with van der Waals surface area (Å²) in [5, 5.41) is 13.1. The van der Waals surface area contributed by atoms with Crippen molar-refractivity contribution in [2.24, 2.45) is 0 Å². The minimum atomic E-state index is 0.732. The van der Waals surface area contributed by atoms with Gasteiger partial charge in [-0.25, -0.2) is 0 Å². The maximum absolute atomic E-state index is 4.28. The van der Waals surface area contributed by atoms with Gasteiger partial charge >= 0.3 is 0 Å². The molecule has 0 unspecified atom stereocenters. The normalized spacial score (nSPS) is 15.1. The maximum atomic E-state index is 4.28. The lowest BCUT2D eigenvalue weighted by Gasteiger charge is -2.20. The molecule has 1 fully saturated rings. The van der Waals surface area contributed by atoms with Crippen molar-refractivity contribution in [3.63, 3.8) is 0 Å². The molecular weight excluding hydrogens is 276 g/mol. The average Bonchev–Trinajstić information content (AvgIpc) is 2.96. The Balaban J connectivity index is 1.69. The van der Waals surface area contributed by atoms with Crippen molar-refractivity contribution in [3.8, 4) is 0 Å². The predicted octanol–water partition coefficient (Wildman–Crippen LogP) is 3.20. The summed E-state index contributed by atoms with van der Waals surface area (Å²) in [5.41, 5.74) is 2.50. The van der Waals surface area contributed by atoms with E-state index in [1.54, 1.807) is 11.3 Å². The van der Waals surface area contributed by atoms with Crippen molar-refractivity contribution in [3.05, 3.63) is 28.1 Å². The van der Waals surface area contributed by atoms with Crippen LogP contribution in [0.3, 0.4) is 0 Å². The van der Waals surface area contributed by atoms with Gasteiger partial charge in [-0.2, -0.15) is 11.3 Å². The molecule has 19 heavy (non-hydrogen) atoms. The Labute approximate surface area is 121 Å². The third-order valence-electron chi connectivity index (χ3n) is 3.27. The Morgan fingerprint density at radius 2 is 2.32 bits per heavy atom. The van der Waals surface area contributed by atoms with Crippen LogP contribution in [0.1, 0.15) is 31.0 Å². The van der Waals surface area contributed by atoms with Crippen LogP contribution in [0, 0.1) is 0 Å². The zero-order valence-corrected chi connectivity index (χ0v) is 12.6. The first-order chi connectivity index (χ1) is 9.36. The summed E-state index contributed by atoms with van der Waals surface area (Å²) in [6, 6.07) is 2.95. The highest BCUT2D eigenvalue weighted by molar-refractivity contribution is 7.10. The fourth-order valence-electron chi connectivity index (χ4n) is 2.17. The summed E-state index contributed by atoms with van der Waals surface area (Å²) in [6.45, 7) is 4.95. The first-order valence-electron chi connectivity index (χ1n) is 6.67. The predicted molar refractivity (Wildman–Crippen MR) is 80.7 cm³/mol. The van der Waals surface area contributed by atoms with E-state index in [2.05, 4.69) is 43.6 Å². The highest BCUT2D eigenvalue weighted by Crippen LogP contribution is 2.31. The highest BCUT2D eigenvalue weighted by atomic mass is 32.1. The molecule has 1 aliphatic rings. The van der Waals surface area contributed by atoms with E-state index < -0.39 is 0 Å². The number of rotatable bonds is 7. The van der Waals surface area contributed by atoms with E-state index in [1.807, 2.05) is 0 Å². The molecule has 0 atom stereocenters. The lowest BCUT2D eigenvalue weighted by molar-refractivity contribution is 0.243. The second kappa shape index (κ2) is 5.98. The van der Waals surface area contributed by atoms with Gasteiger partial charge in [-0.1, -0.05) is 4.49 Å². The molecule has 3 rings (SSSR count). The molecule has 0 saturated heterocycles. The molecule has 0 radical (unpaired) electrons. The van der Waals surface area contributed by atoms with Crippen LogP contribution in [-0.2, 0) is 13.1 Å². The molecule has 0 aliphatic heterocycles. The number of hydrogen-bond acceptors (Lipinski definition) is 6. The first-order valence-corrected chi connectivity index (χ1v) is 8.38. The summed E-state index contributed by atoms with van der Waals surface area (Å²) in [7, 11) is 0. The molecule has 1 aliphatic carbocycles. The van der Waals surface area contributed by atoms with E-state index in [0.29, 0.717) is 0 Å². The van der Waals surface area contributed by atoms with E-state index >= 15 is 0 Å². The second-order valence-corrected chi connectivity index (χ2v) is 6.38. The van der Waals surface area contributed by atoms with Gasteiger partial charge in [0.2, 0.25) is 0 Å². The number of thiophene rings is 1.